The van der Waals surface area contributed by atoms with Crippen LogP contribution in [0.3, 0.4) is 0 Å². The topological polar surface area (TPSA) is 55.1 Å². The van der Waals surface area contributed by atoms with E-state index in [9.17, 15) is 4.79 Å². The van der Waals surface area contributed by atoms with Gasteiger partial charge in [0.25, 0.3) is 0 Å². The van der Waals surface area contributed by atoms with Gasteiger partial charge < -0.3 is 11.1 Å². The molecule has 82 valence electrons. The smallest absolute Gasteiger partial charge is 0.248 e. The Morgan fingerprint density at radius 2 is 2.25 bits per heavy atom. The van der Waals surface area contributed by atoms with Crippen LogP contribution in [0.5, 0.6) is 0 Å². The third-order valence-electron chi connectivity index (χ3n) is 2.75. The average molecular weight is 214 g/mol. The Balaban J connectivity index is 2.49. The molecule has 0 unspecified atom stereocenters. The van der Waals surface area contributed by atoms with Crippen molar-refractivity contribution in [2.75, 3.05) is 6.54 Å². The van der Waals surface area contributed by atoms with Crippen molar-refractivity contribution in [3.05, 3.63) is 53.2 Å². The van der Waals surface area contributed by atoms with Gasteiger partial charge in [0.2, 0.25) is 5.91 Å². The number of primary amides is 1. The van der Waals surface area contributed by atoms with Crippen molar-refractivity contribution < 1.29 is 4.79 Å². The van der Waals surface area contributed by atoms with Gasteiger partial charge in [0.15, 0.2) is 0 Å². The lowest BCUT2D eigenvalue weighted by molar-refractivity contribution is 0.0999. The summed E-state index contributed by atoms with van der Waals surface area (Å²) in [7, 11) is 0. The molecule has 3 heteroatoms. The number of benzene rings is 1. The van der Waals surface area contributed by atoms with Crippen LogP contribution >= 0.6 is 0 Å². The number of nitrogens with one attached hydrogen (secondary N) is 1. The first-order valence-corrected chi connectivity index (χ1v) is 5.19. The summed E-state index contributed by atoms with van der Waals surface area (Å²) in [6.07, 6.45) is 5.90. The quantitative estimate of drug-likeness (QED) is 0.785. The van der Waals surface area contributed by atoms with Crippen LogP contribution in [0.4, 0.5) is 0 Å². The molecule has 0 saturated carbocycles. The Morgan fingerprint density at radius 1 is 1.44 bits per heavy atom. The molecule has 0 saturated heterocycles. The second kappa shape index (κ2) is 4.23. The molecule has 1 aliphatic rings. The van der Waals surface area contributed by atoms with E-state index in [4.69, 9.17) is 5.73 Å². The minimum atomic E-state index is -0.376. The van der Waals surface area contributed by atoms with Gasteiger partial charge in [0, 0.05) is 12.1 Å². The van der Waals surface area contributed by atoms with Gasteiger partial charge in [0.05, 0.1) is 0 Å². The van der Waals surface area contributed by atoms with Gasteiger partial charge >= 0.3 is 0 Å². The maximum atomic E-state index is 11.2. The van der Waals surface area contributed by atoms with Crippen molar-refractivity contribution in [2.45, 2.75) is 6.92 Å². The van der Waals surface area contributed by atoms with Gasteiger partial charge in [-0.25, -0.2) is 0 Å². The zero-order valence-corrected chi connectivity index (χ0v) is 9.16. The lowest BCUT2D eigenvalue weighted by atomic mass is 9.95. The zero-order valence-electron chi connectivity index (χ0n) is 9.16. The highest BCUT2D eigenvalue weighted by Crippen LogP contribution is 2.22. The number of carbonyl (C=O) groups excluding carboxylic acids is 1. The van der Waals surface area contributed by atoms with Crippen LogP contribution in [0.15, 0.2) is 36.6 Å². The van der Waals surface area contributed by atoms with Crippen molar-refractivity contribution >= 4 is 11.5 Å². The van der Waals surface area contributed by atoms with Gasteiger partial charge in [-0.2, -0.15) is 0 Å². The molecule has 0 aliphatic carbocycles. The molecule has 0 radical (unpaired) electrons. The van der Waals surface area contributed by atoms with E-state index in [-0.39, 0.29) is 5.91 Å². The van der Waals surface area contributed by atoms with Gasteiger partial charge in [-0.05, 0) is 42.0 Å². The fraction of sp³-hybridized carbons (Fsp3) is 0.154. The predicted octanol–water partition coefficient (Wildman–Crippen LogP) is 1.59. The van der Waals surface area contributed by atoms with Crippen molar-refractivity contribution in [2.24, 2.45) is 5.73 Å². The lowest BCUT2D eigenvalue weighted by Crippen LogP contribution is -2.16. The van der Waals surface area contributed by atoms with E-state index in [0.29, 0.717) is 5.56 Å². The van der Waals surface area contributed by atoms with Crippen molar-refractivity contribution in [1.82, 2.24) is 5.32 Å². The number of carbonyl (C=O) groups is 1. The largest absolute Gasteiger partial charge is 0.387 e. The van der Waals surface area contributed by atoms with E-state index >= 15 is 0 Å². The van der Waals surface area contributed by atoms with E-state index in [1.54, 1.807) is 6.07 Å². The van der Waals surface area contributed by atoms with E-state index in [1.807, 2.05) is 37.4 Å². The molecular formula is C13H14N2O. The summed E-state index contributed by atoms with van der Waals surface area (Å²) >= 11 is 0. The van der Waals surface area contributed by atoms with Crippen LogP contribution in [0.1, 0.15) is 21.5 Å². The average Bonchev–Trinajstić information content (AvgIpc) is 2.30. The van der Waals surface area contributed by atoms with Crippen LogP contribution in [0.2, 0.25) is 0 Å². The van der Waals surface area contributed by atoms with Crippen LogP contribution < -0.4 is 11.1 Å². The number of rotatable bonds is 2. The maximum absolute atomic E-state index is 11.2. The number of dihydropyridines is 1. The highest BCUT2D eigenvalue weighted by molar-refractivity contribution is 5.95. The molecule has 0 fully saturated rings. The van der Waals surface area contributed by atoms with E-state index < -0.39 is 0 Å². The molecular weight excluding hydrogens is 200 g/mol. The number of nitrogens with two attached hydrogens (primary N) is 1. The molecule has 0 spiro atoms. The second-order valence-corrected chi connectivity index (χ2v) is 3.77. The zero-order chi connectivity index (χ0) is 11.5. The highest BCUT2D eigenvalue weighted by Gasteiger charge is 2.11. The molecule has 0 bridgehead atoms. The van der Waals surface area contributed by atoms with Crippen molar-refractivity contribution in [1.29, 1.82) is 0 Å². The summed E-state index contributed by atoms with van der Waals surface area (Å²) in [4.78, 5) is 11.2. The summed E-state index contributed by atoms with van der Waals surface area (Å²) < 4.78 is 0. The van der Waals surface area contributed by atoms with Crippen LogP contribution in [-0.2, 0) is 0 Å². The first kappa shape index (κ1) is 10.5. The Kier molecular flexibility index (Phi) is 2.77. The Bertz CT molecular complexity index is 487. The Labute approximate surface area is 94.7 Å². The van der Waals surface area contributed by atoms with E-state index in [1.165, 1.54) is 5.57 Å². The van der Waals surface area contributed by atoms with Crippen LogP contribution in [0.25, 0.3) is 5.57 Å². The van der Waals surface area contributed by atoms with E-state index in [2.05, 4.69) is 5.32 Å². The highest BCUT2D eigenvalue weighted by atomic mass is 16.1. The van der Waals surface area contributed by atoms with Crippen molar-refractivity contribution in [3.8, 4) is 0 Å². The summed E-state index contributed by atoms with van der Waals surface area (Å²) in [5.41, 5.74) is 9.11. The summed E-state index contributed by atoms with van der Waals surface area (Å²) in [6.45, 7) is 2.70. The van der Waals surface area contributed by atoms with Gasteiger partial charge in [0.1, 0.15) is 0 Å². The molecule has 1 aromatic carbocycles. The molecule has 2 rings (SSSR count). The molecule has 1 aromatic rings. The summed E-state index contributed by atoms with van der Waals surface area (Å²) in [5, 5.41) is 3.14. The lowest BCUT2D eigenvalue weighted by Gasteiger charge is -2.15. The van der Waals surface area contributed by atoms with Crippen molar-refractivity contribution in [3.63, 3.8) is 0 Å². The molecule has 0 aromatic heterocycles. The third-order valence-corrected chi connectivity index (χ3v) is 2.75. The normalized spacial score (nSPS) is 14.2. The van der Waals surface area contributed by atoms with E-state index in [0.717, 1.165) is 17.7 Å². The molecule has 16 heavy (non-hydrogen) atoms. The second-order valence-electron chi connectivity index (χ2n) is 3.77. The molecule has 3 nitrogen and oxygen atoms in total. The fourth-order valence-electron chi connectivity index (χ4n) is 1.90. The number of amides is 1. The minimum Gasteiger partial charge on any atom is -0.387 e. The molecule has 1 amide bonds. The fourth-order valence-corrected chi connectivity index (χ4v) is 1.90. The van der Waals surface area contributed by atoms with Crippen LogP contribution in [-0.4, -0.2) is 12.5 Å². The molecule has 1 heterocycles. The minimum absolute atomic E-state index is 0.376. The third kappa shape index (κ3) is 1.84. The van der Waals surface area contributed by atoms with Gasteiger partial charge in [-0.1, -0.05) is 18.2 Å². The predicted molar refractivity (Wildman–Crippen MR) is 64.8 cm³/mol. The summed E-state index contributed by atoms with van der Waals surface area (Å²) in [5.74, 6) is -0.376. The molecule has 1 aliphatic heterocycles. The SMILES string of the molecule is Cc1c(C(N)=O)cccc1C1=CC=CNC1. The molecule has 3 N–H and O–H groups in total. The number of hydrogen-bond donors (Lipinski definition) is 2. The number of allylic oxidation sites excluding steroid dienone is 2. The van der Waals surface area contributed by atoms with Gasteiger partial charge in [-0.15, -0.1) is 0 Å². The van der Waals surface area contributed by atoms with Crippen LogP contribution in [0, 0.1) is 6.92 Å². The standard InChI is InChI=1S/C13H14N2O/c1-9-11(10-4-3-7-15-8-10)5-2-6-12(9)13(14)16/h2-7,15H,8H2,1H3,(H2,14,16). The summed E-state index contributed by atoms with van der Waals surface area (Å²) in [6, 6.07) is 5.63. The first-order chi connectivity index (χ1) is 7.70. The molecule has 0 atom stereocenters. The first-order valence-electron chi connectivity index (χ1n) is 5.19. The van der Waals surface area contributed by atoms with Gasteiger partial charge in [-0.3, -0.25) is 4.79 Å². The maximum Gasteiger partial charge on any atom is 0.248 e. The Morgan fingerprint density at radius 3 is 2.88 bits per heavy atom. The Hall–Kier alpha value is -2.03. The number of hydrogen-bond acceptors (Lipinski definition) is 2. The monoisotopic (exact) mass is 214 g/mol.